The Bertz CT molecular complexity index is 1130. The van der Waals surface area contributed by atoms with E-state index in [-0.39, 0.29) is 0 Å². The van der Waals surface area contributed by atoms with E-state index >= 15 is 0 Å². The molecule has 6 heteroatoms. The molecular weight excluding hydrogens is 308 g/mol. The molecule has 0 aliphatic carbocycles. The second kappa shape index (κ2) is 4.99. The molecule has 6 nitrogen and oxygen atoms in total. The van der Waals surface area contributed by atoms with Crippen LogP contribution < -0.4 is 0 Å². The van der Waals surface area contributed by atoms with E-state index in [0.29, 0.717) is 16.2 Å². The van der Waals surface area contributed by atoms with Gasteiger partial charge in [-0.05, 0) is 33.0 Å². The number of hydrogen-bond acceptors (Lipinski definition) is 4. The molecule has 0 saturated carbocycles. The van der Waals surface area contributed by atoms with Crippen LogP contribution in [0, 0.1) is 20.2 Å². The van der Waals surface area contributed by atoms with Gasteiger partial charge >= 0.3 is 11.4 Å². The van der Waals surface area contributed by atoms with E-state index in [1.807, 2.05) is 36.4 Å². The second-order valence-electron chi connectivity index (χ2n) is 5.46. The zero-order chi connectivity index (χ0) is 16.8. The summed E-state index contributed by atoms with van der Waals surface area (Å²) in [4.78, 5) is 21.5. The first-order valence-corrected chi connectivity index (χ1v) is 7.24. The zero-order valence-electron chi connectivity index (χ0n) is 12.3. The van der Waals surface area contributed by atoms with Gasteiger partial charge in [0.05, 0.1) is 15.2 Å². The van der Waals surface area contributed by atoms with Crippen LogP contribution in [0.15, 0.2) is 60.7 Å². The zero-order valence-corrected chi connectivity index (χ0v) is 12.3. The van der Waals surface area contributed by atoms with Crippen molar-refractivity contribution in [1.29, 1.82) is 0 Å². The van der Waals surface area contributed by atoms with Crippen molar-refractivity contribution in [2.24, 2.45) is 0 Å². The van der Waals surface area contributed by atoms with E-state index in [2.05, 4.69) is 0 Å². The molecular formula is C18H10N2O4. The van der Waals surface area contributed by atoms with Crippen LogP contribution in [0.2, 0.25) is 0 Å². The summed E-state index contributed by atoms with van der Waals surface area (Å²) < 4.78 is 0. The molecule has 0 fully saturated rings. The Hall–Kier alpha value is -3.54. The van der Waals surface area contributed by atoms with Gasteiger partial charge in [-0.25, -0.2) is 0 Å². The van der Waals surface area contributed by atoms with Crippen LogP contribution in [-0.2, 0) is 0 Å². The molecule has 0 atom stereocenters. The first-order chi connectivity index (χ1) is 11.6. The van der Waals surface area contributed by atoms with Crippen LogP contribution in [0.25, 0.3) is 32.3 Å². The van der Waals surface area contributed by atoms with Crippen molar-refractivity contribution in [1.82, 2.24) is 0 Å². The van der Waals surface area contributed by atoms with Crippen molar-refractivity contribution < 1.29 is 9.85 Å². The Balaban J connectivity index is 2.41. The highest BCUT2D eigenvalue weighted by Crippen LogP contribution is 2.43. The molecule has 4 aromatic rings. The average molecular weight is 318 g/mol. The highest BCUT2D eigenvalue weighted by Gasteiger charge is 2.29. The maximum Gasteiger partial charge on any atom is 0.354 e. The Morgan fingerprint density at radius 3 is 1.54 bits per heavy atom. The third-order valence-electron chi connectivity index (χ3n) is 4.24. The molecule has 116 valence electrons. The van der Waals surface area contributed by atoms with Crippen molar-refractivity contribution in [2.75, 3.05) is 0 Å². The molecule has 0 spiro atoms. The van der Waals surface area contributed by atoms with Crippen LogP contribution in [-0.4, -0.2) is 9.85 Å². The normalized spacial score (nSPS) is 11.2. The number of rotatable bonds is 2. The molecule has 4 aromatic carbocycles. The molecule has 0 N–H and O–H groups in total. The summed E-state index contributed by atoms with van der Waals surface area (Å²) in [5.41, 5.74) is -0.951. The number of nitro benzene ring substituents is 2. The van der Waals surface area contributed by atoms with E-state index in [1.165, 1.54) is 6.07 Å². The van der Waals surface area contributed by atoms with Gasteiger partial charge in [0, 0.05) is 6.07 Å². The third kappa shape index (κ3) is 1.83. The average Bonchev–Trinajstić information content (AvgIpc) is 2.60. The van der Waals surface area contributed by atoms with Gasteiger partial charge in [0.25, 0.3) is 0 Å². The summed E-state index contributed by atoms with van der Waals surface area (Å²) in [5.74, 6) is 0. The van der Waals surface area contributed by atoms with Crippen molar-refractivity contribution >= 4 is 43.7 Å². The smallest absolute Gasteiger partial charge is 0.258 e. The summed E-state index contributed by atoms with van der Waals surface area (Å²) in [5, 5.41) is 27.1. The molecule has 0 radical (unpaired) electrons. The van der Waals surface area contributed by atoms with Crippen LogP contribution in [0.4, 0.5) is 11.4 Å². The molecule has 0 amide bonds. The van der Waals surface area contributed by atoms with Crippen LogP contribution >= 0.6 is 0 Å². The molecule has 0 unspecified atom stereocenters. The van der Waals surface area contributed by atoms with E-state index < -0.39 is 21.2 Å². The van der Waals surface area contributed by atoms with Gasteiger partial charge in [0.2, 0.25) is 0 Å². The number of hydrogen-bond donors (Lipinski definition) is 0. The maximum absolute atomic E-state index is 11.6. The highest BCUT2D eigenvalue weighted by atomic mass is 16.6. The number of nitro groups is 2. The minimum Gasteiger partial charge on any atom is -0.258 e. The predicted molar refractivity (Wildman–Crippen MR) is 92.3 cm³/mol. The van der Waals surface area contributed by atoms with Crippen LogP contribution in [0.5, 0.6) is 0 Å². The van der Waals surface area contributed by atoms with E-state index in [1.54, 1.807) is 18.2 Å². The number of fused-ring (bicyclic) bond motifs is 6. The fraction of sp³-hybridized carbons (Fsp3) is 0. The quantitative estimate of drug-likeness (QED) is 0.297. The first-order valence-electron chi connectivity index (χ1n) is 7.24. The standard InChI is InChI=1S/C18H10N2O4/c21-19(22)16-10-9-15-13-7-2-1-5-11(13)12-6-3-4-8-14(12)17(15)18(16)20(23)24/h1-10H. The summed E-state index contributed by atoms with van der Waals surface area (Å²) in [6, 6.07) is 17.6. The minimum atomic E-state index is -0.707. The monoisotopic (exact) mass is 318 g/mol. The van der Waals surface area contributed by atoms with Crippen LogP contribution in [0.1, 0.15) is 0 Å². The lowest BCUT2D eigenvalue weighted by atomic mass is 9.93. The fourth-order valence-electron chi connectivity index (χ4n) is 3.30. The molecule has 24 heavy (non-hydrogen) atoms. The van der Waals surface area contributed by atoms with Gasteiger partial charge in [-0.3, -0.25) is 20.2 Å². The number of nitrogens with zero attached hydrogens (tertiary/aromatic N) is 2. The lowest BCUT2D eigenvalue weighted by Crippen LogP contribution is -1.98. The summed E-state index contributed by atoms with van der Waals surface area (Å²) in [6.45, 7) is 0. The van der Waals surface area contributed by atoms with Gasteiger partial charge in [0.15, 0.2) is 0 Å². The summed E-state index contributed by atoms with van der Waals surface area (Å²) in [7, 11) is 0. The Labute approximate surface area is 135 Å². The van der Waals surface area contributed by atoms with Gasteiger partial charge in [0.1, 0.15) is 0 Å². The maximum atomic E-state index is 11.6. The third-order valence-corrected chi connectivity index (χ3v) is 4.24. The van der Waals surface area contributed by atoms with Crippen molar-refractivity contribution in [2.45, 2.75) is 0 Å². The first kappa shape index (κ1) is 14.1. The lowest BCUT2D eigenvalue weighted by Gasteiger charge is -2.10. The lowest BCUT2D eigenvalue weighted by molar-refractivity contribution is -0.421. The largest absolute Gasteiger partial charge is 0.354 e. The molecule has 0 heterocycles. The second-order valence-corrected chi connectivity index (χ2v) is 5.46. The summed E-state index contributed by atoms with van der Waals surface area (Å²) in [6.07, 6.45) is 0. The molecule has 0 aliphatic rings. The fourth-order valence-corrected chi connectivity index (χ4v) is 3.30. The predicted octanol–water partition coefficient (Wildman–Crippen LogP) is 4.96. The van der Waals surface area contributed by atoms with Crippen LogP contribution in [0.3, 0.4) is 0 Å². The molecule has 4 rings (SSSR count). The van der Waals surface area contributed by atoms with E-state index in [0.717, 1.165) is 16.2 Å². The Morgan fingerprint density at radius 2 is 1.04 bits per heavy atom. The van der Waals surface area contributed by atoms with Gasteiger partial charge in [-0.15, -0.1) is 0 Å². The molecule has 0 saturated heterocycles. The van der Waals surface area contributed by atoms with E-state index in [4.69, 9.17) is 0 Å². The SMILES string of the molecule is O=[N+]([O-])c1ccc2c3ccccc3c3ccccc3c2c1[N+](=O)[O-]. The topological polar surface area (TPSA) is 86.3 Å². The van der Waals surface area contributed by atoms with Gasteiger partial charge in [-0.2, -0.15) is 0 Å². The molecule has 0 bridgehead atoms. The Kier molecular flexibility index (Phi) is 2.93. The molecule has 0 aromatic heterocycles. The van der Waals surface area contributed by atoms with Gasteiger partial charge in [-0.1, -0.05) is 48.5 Å². The van der Waals surface area contributed by atoms with Gasteiger partial charge < -0.3 is 0 Å². The molecule has 0 aliphatic heterocycles. The van der Waals surface area contributed by atoms with Crippen molar-refractivity contribution in [3.8, 4) is 0 Å². The van der Waals surface area contributed by atoms with E-state index in [9.17, 15) is 20.2 Å². The summed E-state index contributed by atoms with van der Waals surface area (Å²) >= 11 is 0. The minimum absolute atomic E-state index is 0.309. The van der Waals surface area contributed by atoms with Crippen molar-refractivity contribution in [3.63, 3.8) is 0 Å². The van der Waals surface area contributed by atoms with Crippen molar-refractivity contribution in [3.05, 3.63) is 80.9 Å². The Morgan fingerprint density at radius 1 is 0.583 bits per heavy atom. The number of benzene rings is 4. The highest BCUT2D eigenvalue weighted by molar-refractivity contribution is 6.28.